The van der Waals surface area contributed by atoms with Gasteiger partial charge in [-0.15, -0.1) is 0 Å². The molecule has 1 saturated heterocycles. The van der Waals surface area contributed by atoms with Crippen LogP contribution in [-0.2, 0) is 11.8 Å². The molecule has 0 saturated carbocycles. The van der Waals surface area contributed by atoms with Crippen LogP contribution in [0.3, 0.4) is 0 Å². The lowest BCUT2D eigenvalue weighted by Crippen LogP contribution is -2.49. The van der Waals surface area contributed by atoms with Crippen molar-refractivity contribution in [2.24, 2.45) is 7.05 Å². The largest absolute Gasteiger partial charge is 0.363 e. The quantitative estimate of drug-likeness (QED) is 0.794. The number of nitrogens with zero attached hydrogens (tertiary/aromatic N) is 4. The van der Waals surface area contributed by atoms with Crippen molar-refractivity contribution in [3.8, 4) is 0 Å². The molecule has 0 unspecified atom stereocenters. The molecule has 0 aliphatic carbocycles. The number of hydrogen-bond acceptors (Lipinski definition) is 5. The average Bonchev–Trinajstić information content (AvgIpc) is 2.45. The fraction of sp³-hybridized carbons (Fsp3) is 0.583. The third kappa shape index (κ3) is 3.18. The highest BCUT2D eigenvalue weighted by molar-refractivity contribution is 9.10. The fourth-order valence-electron chi connectivity index (χ4n) is 2.07. The number of aromatic nitrogens is 2. The second-order valence-electron chi connectivity index (χ2n) is 4.76. The van der Waals surface area contributed by atoms with Gasteiger partial charge in [0.15, 0.2) is 0 Å². The second kappa shape index (κ2) is 6.36. The highest BCUT2D eigenvalue weighted by Gasteiger charge is 2.19. The standard InChI is InChI=1S/C12H18BrN5O2/c1-16(8-10(19)18-5-3-14-4-6-18)9-7-15-17(2)12(20)11(9)13/h7,14H,3-6,8H2,1-2H3. The Balaban J connectivity index is 2.08. The summed E-state index contributed by atoms with van der Waals surface area (Å²) in [4.78, 5) is 27.6. The van der Waals surface area contributed by atoms with E-state index in [4.69, 9.17) is 0 Å². The summed E-state index contributed by atoms with van der Waals surface area (Å²) >= 11 is 3.27. The van der Waals surface area contributed by atoms with Crippen molar-refractivity contribution in [3.05, 3.63) is 21.0 Å². The van der Waals surface area contributed by atoms with Gasteiger partial charge in [0.05, 0.1) is 18.4 Å². The average molecular weight is 344 g/mol. The topological polar surface area (TPSA) is 70.5 Å². The molecule has 8 heteroatoms. The number of carbonyl (C=O) groups excluding carboxylic acids is 1. The van der Waals surface area contributed by atoms with Gasteiger partial charge < -0.3 is 15.1 Å². The van der Waals surface area contributed by atoms with E-state index in [1.54, 1.807) is 25.2 Å². The Hall–Kier alpha value is -1.41. The van der Waals surface area contributed by atoms with Crippen molar-refractivity contribution in [1.82, 2.24) is 20.0 Å². The third-order valence-electron chi connectivity index (χ3n) is 3.31. The van der Waals surface area contributed by atoms with Gasteiger partial charge in [-0.2, -0.15) is 5.10 Å². The third-order valence-corrected chi connectivity index (χ3v) is 4.06. The lowest BCUT2D eigenvalue weighted by atomic mass is 10.3. The summed E-state index contributed by atoms with van der Waals surface area (Å²) in [5.41, 5.74) is 0.403. The van der Waals surface area contributed by atoms with Crippen LogP contribution >= 0.6 is 15.9 Å². The van der Waals surface area contributed by atoms with Gasteiger partial charge in [-0.3, -0.25) is 9.59 Å². The Morgan fingerprint density at radius 3 is 2.80 bits per heavy atom. The molecule has 0 aromatic carbocycles. The predicted octanol–water partition coefficient (Wildman–Crippen LogP) is -0.589. The van der Waals surface area contributed by atoms with Crippen molar-refractivity contribution in [2.75, 3.05) is 44.7 Å². The number of anilines is 1. The van der Waals surface area contributed by atoms with Crippen molar-refractivity contribution in [2.45, 2.75) is 0 Å². The molecular formula is C12H18BrN5O2. The van der Waals surface area contributed by atoms with E-state index in [1.807, 2.05) is 4.90 Å². The fourth-order valence-corrected chi connectivity index (χ4v) is 2.73. The number of likely N-dealkylation sites (N-methyl/N-ethyl adjacent to an activating group) is 1. The first kappa shape index (κ1) is 15.0. The van der Waals surface area contributed by atoms with Crippen LogP contribution in [0.25, 0.3) is 0 Å². The molecule has 2 rings (SSSR count). The zero-order chi connectivity index (χ0) is 14.7. The Bertz CT molecular complexity index is 553. The number of carbonyl (C=O) groups is 1. The Labute approximate surface area is 125 Å². The normalized spacial score (nSPS) is 15.2. The zero-order valence-electron chi connectivity index (χ0n) is 11.6. The molecule has 0 radical (unpaired) electrons. The van der Waals surface area contributed by atoms with Crippen LogP contribution in [0.15, 0.2) is 15.5 Å². The SMILES string of the molecule is CN(CC(=O)N1CCNCC1)c1cnn(C)c(=O)c1Br. The minimum Gasteiger partial charge on any atom is -0.363 e. The molecule has 1 aliphatic rings. The van der Waals surface area contributed by atoms with Crippen LogP contribution < -0.4 is 15.8 Å². The first-order valence-corrected chi connectivity index (χ1v) is 7.21. The van der Waals surface area contributed by atoms with Crippen molar-refractivity contribution < 1.29 is 4.79 Å². The van der Waals surface area contributed by atoms with Gasteiger partial charge in [-0.25, -0.2) is 4.68 Å². The van der Waals surface area contributed by atoms with E-state index in [0.29, 0.717) is 10.2 Å². The lowest BCUT2D eigenvalue weighted by Gasteiger charge is -2.29. The van der Waals surface area contributed by atoms with Gasteiger partial charge in [0.25, 0.3) is 5.56 Å². The number of amides is 1. The maximum atomic E-state index is 12.2. The van der Waals surface area contributed by atoms with Crippen LogP contribution in [0.1, 0.15) is 0 Å². The summed E-state index contributed by atoms with van der Waals surface area (Å²) in [5.74, 6) is 0.0570. The van der Waals surface area contributed by atoms with Crippen molar-refractivity contribution >= 4 is 27.5 Å². The van der Waals surface area contributed by atoms with E-state index in [9.17, 15) is 9.59 Å². The van der Waals surface area contributed by atoms with E-state index in [2.05, 4.69) is 26.3 Å². The van der Waals surface area contributed by atoms with Crippen LogP contribution in [0.4, 0.5) is 5.69 Å². The molecule has 0 atom stereocenters. The molecular weight excluding hydrogens is 326 g/mol. The summed E-state index contributed by atoms with van der Waals surface area (Å²) < 4.78 is 1.67. The monoisotopic (exact) mass is 343 g/mol. The van der Waals surface area contributed by atoms with E-state index in [0.717, 1.165) is 26.2 Å². The van der Waals surface area contributed by atoms with Crippen LogP contribution in [0.5, 0.6) is 0 Å². The number of halogens is 1. The number of piperazine rings is 1. The molecule has 1 aliphatic heterocycles. The number of hydrogen-bond donors (Lipinski definition) is 1. The Morgan fingerprint density at radius 2 is 2.15 bits per heavy atom. The molecule has 7 nitrogen and oxygen atoms in total. The van der Waals surface area contributed by atoms with Crippen LogP contribution in [0.2, 0.25) is 0 Å². The van der Waals surface area contributed by atoms with Crippen molar-refractivity contribution in [1.29, 1.82) is 0 Å². The van der Waals surface area contributed by atoms with E-state index < -0.39 is 0 Å². The van der Waals surface area contributed by atoms with Gasteiger partial charge in [0.1, 0.15) is 4.47 Å². The summed E-state index contributed by atoms with van der Waals surface area (Å²) in [6.45, 7) is 3.33. The van der Waals surface area contributed by atoms with Gasteiger partial charge in [0, 0.05) is 40.3 Å². The minimum absolute atomic E-state index is 0.0570. The maximum Gasteiger partial charge on any atom is 0.282 e. The number of nitrogens with one attached hydrogen (secondary N) is 1. The van der Waals surface area contributed by atoms with Gasteiger partial charge in [-0.1, -0.05) is 0 Å². The smallest absolute Gasteiger partial charge is 0.282 e. The summed E-state index contributed by atoms with van der Waals surface area (Å²) in [6, 6.07) is 0. The highest BCUT2D eigenvalue weighted by Crippen LogP contribution is 2.19. The second-order valence-corrected chi connectivity index (χ2v) is 5.55. The van der Waals surface area contributed by atoms with Crippen LogP contribution in [-0.4, -0.2) is 60.4 Å². The van der Waals surface area contributed by atoms with Gasteiger partial charge in [-0.05, 0) is 15.9 Å². The van der Waals surface area contributed by atoms with E-state index in [1.165, 1.54) is 4.68 Å². The van der Waals surface area contributed by atoms with Gasteiger partial charge >= 0.3 is 0 Å². The molecule has 20 heavy (non-hydrogen) atoms. The van der Waals surface area contributed by atoms with E-state index in [-0.39, 0.29) is 18.0 Å². The summed E-state index contributed by atoms with van der Waals surface area (Å²) in [7, 11) is 3.37. The van der Waals surface area contributed by atoms with Crippen molar-refractivity contribution in [3.63, 3.8) is 0 Å². The molecule has 0 bridgehead atoms. The lowest BCUT2D eigenvalue weighted by molar-refractivity contribution is -0.130. The Morgan fingerprint density at radius 1 is 1.50 bits per heavy atom. The highest BCUT2D eigenvalue weighted by atomic mass is 79.9. The first-order chi connectivity index (χ1) is 9.50. The first-order valence-electron chi connectivity index (χ1n) is 6.42. The summed E-state index contributed by atoms with van der Waals surface area (Å²) in [5, 5.41) is 7.19. The predicted molar refractivity (Wildman–Crippen MR) is 79.9 cm³/mol. The molecule has 1 amide bonds. The molecule has 1 N–H and O–H groups in total. The molecule has 1 aromatic rings. The molecule has 0 spiro atoms. The maximum absolute atomic E-state index is 12.2. The van der Waals surface area contributed by atoms with Gasteiger partial charge in [0.2, 0.25) is 5.91 Å². The molecule has 2 heterocycles. The molecule has 1 aromatic heterocycles. The van der Waals surface area contributed by atoms with Crippen LogP contribution in [0, 0.1) is 0 Å². The molecule has 1 fully saturated rings. The number of aryl methyl sites for hydroxylation is 1. The Kier molecular flexibility index (Phi) is 4.77. The minimum atomic E-state index is -0.219. The number of rotatable bonds is 3. The molecule has 110 valence electrons. The zero-order valence-corrected chi connectivity index (χ0v) is 13.2. The van der Waals surface area contributed by atoms with E-state index >= 15 is 0 Å². The summed E-state index contributed by atoms with van der Waals surface area (Å²) in [6.07, 6.45) is 1.58.